The first kappa shape index (κ1) is 11.5. The summed E-state index contributed by atoms with van der Waals surface area (Å²) in [5, 5.41) is 3.65. The fraction of sp³-hybridized carbons (Fsp3) is 0.769. The maximum atomic E-state index is 4.57. The Morgan fingerprint density at radius 2 is 2.06 bits per heavy atom. The summed E-state index contributed by atoms with van der Waals surface area (Å²) in [6, 6.07) is 0. The maximum absolute atomic E-state index is 4.57. The molecule has 1 aliphatic rings. The maximum Gasteiger partial charge on any atom is 0.203 e. The van der Waals surface area contributed by atoms with Gasteiger partial charge in [-0.3, -0.25) is 0 Å². The van der Waals surface area contributed by atoms with Crippen molar-refractivity contribution >= 4 is 5.95 Å². The molecule has 1 aliphatic carbocycles. The fourth-order valence-electron chi connectivity index (χ4n) is 2.61. The van der Waals surface area contributed by atoms with Gasteiger partial charge in [0.25, 0.3) is 0 Å². The molecule has 16 heavy (non-hydrogen) atoms. The molecule has 0 saturated heterocycles. The third kappa shape index (κ3) is 2.39. The number of imidazole rings is 1. The molecule has 0 atom stereocenters. The van der Waals surface area contributed by atoms with Gasteiger partial charge in [0.05, 0.1) is 5.69 Å². The molecule has 3 heteroatoms. The molecule has 1 aromatic rings. The molecule has 1 saturated carbocycles. The van der Waals surface area contributed by atoms with Crippen LogP contribution in [0, 0.1) is 6.92 Å². The van der Waals surface area contributed by atoms with Crippen molar-refractivity contribution in [1.82, 2.24) is 9.55 Å². The van der Waals surface area contributed by atoms with Crippen LogP contribution in [0.4, 0.5) is 5.95 Å². The highest BCUT2D eigenvalue weighted by Crippen LogP contribution is 2.30. The van der Waals surface area contributed by atoms with E-state index >= 15 is 0 Å². The van der Waals surface area contributed by atoms with E-state index < -0.39 is 0 Å². The Bertz CT molecular complexity index is 348. The molecule has 0 bridgehead atoms. The van der Waals surface area contributed by atoms with Crippen LogP contribution in [0.15, 0.2) is 6.20 Å². The summed E-state index contributed by atoms with van der Waals surface area (Å²) in [4.78, 5) is 4.57. The van der Waals surface area contributed by atoms with Crippen LogP contribution in [0.25, 0.3) is 0 Å². The zero-order valence-electron chi connectivity index (χ0n) is 10.7. The molecule has 1 heterocycles. The van der Waals surface area contributed by atoms with Gasteiger partial charge in [-0.1, -0.05) is 19.3 Å². The second-order valence-electron chi connectivity index (χ2n) is 5.24. The van der Waals surface area contributed by atoms with Gasteiger partial charge in [-0.05, 0) is 33.6 Å². The minimum Gasteiger partial charge on any atom is -0.350 e. The largest absolute Gasteiger partial charge is 0.350 e. The van der Waals surface area contributed by atoms with Crippen LogP contribution in [0.3, 0.4) is 0 Å². The Balaban J connectivity index is 2.12. The summed E-state index contributed by atoms with van der Waals surface area (Å²) in [5.41, 5.74) is 1.35. The Kier molecular flexibility index (Phi) is 3.22. The first-order valence-electron chi connectivity index (χ1n) is 6.45. The molecule has 2 rings (SSSR count). The van der Waals surface area contributed by atoms with Crippen LogP contribution in [0.2, 0.25) is 0 Å². The van der Waals surface area contributed by atoms with Gasteiger partial charge in [0, 0.05) is 18.3 Å². The van der Waals surface area contributed by atoms with Crippen LogP contribution in [0.1, 0.15) is 51.6 Å². The molecule has 0 aromatic carbocycles. The van der Waals surface area contributed by atoms with Gasteiger partial charge in [-0.25, -0.2) is 4.98 Å². The summed E-state index contributed by atoms with van der Waals surface area (Å²) < 4.78 is 2.20. The minimum atomic E-state index is 0.253. The average molecular weight is 221 g/mol. The molecule has 0 aliphatic heterocycles. The number of nitrogens with zero attached hydrogens (tertiary/aromatic N) is 2. The molecule has 1 N–H and O–H groups in total. The van der Waals surface area contributed by atoms with E-state index in [-0.39, 0.29) is 5.54 Å². The van der Waals surface area contributed by atoms with Gasteiger partial charge in [-0.15, -0.1) is 0 Å². The summed E-state index contributed by atoms with van der Waals surface area (Å²) in [5.74, 6) is 1.05. The smallest absolute Gasteiger partial charge is 0.203 e. The first-order valence-corrected chi connectivity index (χ1v) is 6.45. The van der Waals surface area contributed by atoms with Gasteiger partial charge in [0.15, 0.2) is 0 Å². The van der Waals surface area contributed by atoms with Crippen LogP contribution in [-0.2, 0) is 6.54 Å². The molecule has 1 fully saturated rings. The molecule has 0 amide bonds. The number of nitrogens with one attached hydrogen (secondary N) is 1. The SMILES string of the molecule is CCn1cc(C)nc1NC1(C)CCCCC1. The van der Waals surface area contributed by atoms with E-state index in [0.717, 1.165) is 18.2 Å². The van der Waals surface area contributed by atoms with Gasteiger partial charge in [0.2, 0.25) is 5.95 Å². The molecule has 0 unspecified atom stereocenters. The average Bonchev–Trinajstić information content (AvgIpc) is 2.59. The second-order valence-corrected chi connectivity index (χ2v) is 5.24. The van der Waals surface area contributed by atoms with Crippen LogP contribution >= 0.6 is 0 Å². The van der Waals surface area contributed by atoms with Crippen LogP contribution < -0.4 is 5.32 Å². The van der Waals surface area contributed by atoms with Gasteiger partial charge in [0.1, 0.15) is 0 Å². The van der Waals surface area contributed by atoms with E-state index in [9.17, 15) is 0 Å². The Labute approximate surface area is 98.3 Å². The lowest BCUT2D eigenvalue weighted by Gasteiger charge is -2.35. The third-order valence-corrected chi connectivity index (χ3v) is 3.61. The lowest BCUT2D eigenvalue weighted by atomic mass is 9.83. The van der Waals surface area contributed by atoms with E-state index in [1.54, 1.807) is 0 Å². The van der Waals surface area contributed by atoms with Crippen molar-refractivity contribution in [3.63, 3.8) is 0 Å². The summed E-state index contributed by atoms with van der Waals surface area (Å²) in [6.45, 7) is 7.53. The van der Waals surface area contributed by atoms with Crippen molar-refractivity contribution in [2.24, 2.45) is 0 Å². The lowest BCUT2D eigenvalue weighted by molar-refractivity contribution is 0.346. The number of aromatic nitrogens is 2. The van der Waals surface area contributed by atoms with E-state index in [2.05, 4.69) is 41.8 Å². The van der Waals surface area contributed by atoms with Gasteiger partial charge >= 0.3 is 0 Å². The minimum absolute atomic E-state index is 0.253. The van der Waals surface area contributed by atoms with E-state index in [1.807, 2.05) is 0 Å². The second kappa shape index (κ2) is 4.48. The Morgan fingerprint density at radius 3 is 2.69 bits per heavy atom. The van der Waals surface area contributed by atoms with Crippen molar-refractivity contribution < 1.29 is 0 Å². The molecular weight excluding hydrogens is 198 g/mol. The van der Waals surface area contributed by atoms with Crippen molar-refractivity contribution in [3.05, 3.63) is 11.9 Å². The number of rotatable bonds is 3. The van der Waals surface area contributed by atoms with Crippen LogP contribution in [-0.4, -0.2) is 15.1 Å². The van der Waals surface area contributed by atoms with Crippen molar-refractivity contribution in [2.45, 2.75) is 65.0 Å². The first-order chi connectivity index (χ1) is 7.63. The number of aryl methyl sites for hydroxylation is 2. The number of anilines is 1. The monoisotopic (exact) mass is 221 g/mol. The Morgan fingerprint density at radius 1 is 1.38 bits per heavy atom. The van der Waals surface area contributed by atoms with E-state index in [1.165, 1.54) is 32.1 Å². The van der Waals surface area contributed by atoms with Crippen molar-refractivity contribution in [1.29, 1.82) is 0 Å². The summed E-state index contributed by atoms with van der Waals surface area (Å²) >= 11 is 0. The normalized spacial score (nSPS) is 19.7. The fourth-order valence-corrected chi connectivity index (χ4v) is 2.61. The molecule has 0 radical (unpaired) electrons. The highest BCUT2D eigenvalue weighted by Gasteiger charge is 2.27. The van der Waals surface area contributed by atoms with Crippen molar-refractivity contribution in [3.8, 4) is 0 Å². The van der Waals surface area contributed by atoms with Crippen molar-refractivity contribution in [2.75, 3.05) is 5.32 Å². The summed E-state index contributed by atoms with van der Waals surface area (Å²) in [6.07, 6.45) is 8.73. The highest BCUT2D eigenvalue weighted by molar-refractivity contribution is 5.32. The molecule has 3 nitrogen and oxygen atoms in total. The third-order valence-electron chi connectivity index (χ3n) is 3.61. The molecular formula is C13H23N3. The molecule has 90 valence electrons. The molecule has 0 spiro atoms. The topological polar surface area (TPSA) is 29.9 Å². The summed E-state index contributed by atoms with van der Waals surface area (Å²) in [7, 11) is 0. The predicted molar refractivity (Wildman–Crippen MR) is 67.8 cm³/mol. The predicted octanol–water partition coefficient (Wildman–Crippen LogP) is 3.35. The lowest BCUT2D eigenvalue weighted by Crippen LogP contribution is -2.37. The van der Waals surface area contributed by atoms with Gasteiger partial charge in [-0.2, -0.15) is 0 Å². The molecule has 1 aromatic heterocycles. The quantitative estimate of drug-likeness (QED) is 0.848. The zero-order chi connectivity index (χ0) is 11.6. The number of hydrogen-bond donors (Lipinski definition) is 1. The Hall–Kier alpha value is -0.990. The van der Waals surface area contributed by atoms with Crippen LogP contribution in [0.5, 0.6) is 0 Å². The standard InChI is InChI=1S/C13H23N3/c1-4-16-10-11(2)14-12(16)15-13(3)8-6-5-7-9-13/h10H,4-9H2,1-3H3,(H,14,15). The number of hydrogen-bond acceptors (Lipinski definition) is 2. The van der Waals surface area contributed by atoms with E-state index in [4.69, 9.17) is 0 Å². The highest BCUT2D eigenvalue weighted by atomic mass is 15.2. The van der Waals surface area contributed by atoms with Gasteiger partial charge < -0.3 is 9.88 Å². The van der Waals surface area contributed by atoms with E-state index in [0.29, 0.717) is 0 Å². The zero-order valence-corrected chi connectivity index (χ0v) is 10.7.